The van der Waals surface area contributed by atoms with Gasteiger partial charge in [0, 0.05) is 25.1 Å². The van der Waals surface area contributed by atoms with Gasteiger partial charge in [-0.15, -0.1) is 0 Å². The number of nitrogens with one attached hydrogen (secondary N) is 1. The third-order valence-corrected chi connectivity index (χ3v) is 2.72. The Morgan fingerprint density at radius 3 is 2.25 bits per heavy atom. The average Bonchev–Trinajstić information content (AvgIpc) is 1.96. The van der Waals surface area contributed by atoms with Crippen LogP contribution < -0.4 is 5.32 Å². The topological polar surface area (TPSA) is 21.3 Å². The zero-order chi connectivity index (χ0) is 9.03. The van der Waals surface area contributed by atoms with Crippen LogP contribution in [-0.2, 0) is 4.74 Å². The van der Waals surface area contributed by atoms with Gasteiger partial charge in [-0.05, 0) is 19.8 Å². The number of ether oxygens (including phenoxy) is 1. The second kappa shape index (κ2) is 4.24. The molecule has 0 radical (unpaired) electrons. The summed E-state index contributed by atoms with van der Waals surface area (Å²) < 4.78 is 5.48. The highest BCUT2D eigenvalue weighted by atomic mass is 16.5. The van der Waals surface area contributed by atoms with Gasteiger partial charge in [0.15, 0.2) is 0 Å². The molecule has 1 saturated carbocycles. The molecule has 72 valence electrons. The molecule has 2 rings (SSSR count). The molecule has 2 heteroatoms. The van der Waals surface area contributed by atoms with E-state index in [2.05, 4.69) is 12.2 Å². The quantitative estimate of drug-likeness (QED) is 0.684. The maximum atomic E-state index is 5.48. The monoisotopic (exact) mass is 171 g/mol. The van der Waals surface area contributed by atoms with E-state index >= 15 is 0 Å². The SMILES string of the molecule is CC.CCOC1CC2(CNC2)C1. The summed E-state index contributed by atoms with van der Waals surface area (Å²) in [5, 5.41) is 3.31. The minimum atomic E-state index is 0.590. The van der Waals surface area contributed by atoms with Crippen molar-refractivity contribution in [2.24, 2.45) is 5.41 Å². The maximum absolute atomic E-state index is 5.48. The zero-order valence-corrected chi connectivity index (χ0v) is 8.52. The molecule has 0 atom stereocenters. The van der Waals surface area contributed by atoms with Crippen LogP contribution in [0.5, 0.6) is 0 Å². The molecular formula is C10H21NO. The summed E-state index contributed by atoms with van der Waals surface area (Å²) in [6.45, 7) is 9.42. The van der Waals surface area contributed by atoms with Crippen LogP contribution in [0.4, 0.5) is 0 Å². The van der Waals surface area contributed by atoms with Crippen LogP contribution in [0.25, 0.3) is 0 Å². The number of hydrogen-bond donors (Lipinski definition) is 1. The zero-order valence-electron chi connectivity index (χ0n) is 8.52. The lowest BCUT2D eigenvalue weighted by Crippen LogP contribution is -2.62. The predicted molar refractivity (Wildman–Crippen MR) is 51.3 cm³/mol. The molecule has 1 aliphatic heterocycles. The van der Waals surface area contributed by atoms with Crippen molar-refractivity contribution in [3.63, 3.8) is 0 Å². The Balaban J connectivity index is 0.000000336. The van der Waals surface area contributed by atoms with E-state index in [1.165, 1.54) is 25.9 Å². The summed E-state index contributed by atoms with van der Waals surface area (Å²) >= 11 is 0. The van der Waals surface area contributed by atoms with E-state index in [1.54, 1.807) is 0 Å². The second-order valence-corrected chi connectivity index (χ2v) is 3.59. The van der Waals surface area contributed by atoms with Crippen LogP contribution in [0.3, 0.4) is 0 Å². The predicted octanol–water partition coefficient (Wildman–Crippen LogP) is 1.80. The normalized spacial score (nSPS) is 25.2. The first-order chi connectivity index (χ1) is 5.85. The smallest absolute Gasteiger partial charge is 0.0587 e. The molecule has 1 saturated heterocycles. The van der Waals surface area contributed by atoms with Gasteiger partial charge in [-0.1, -0.05) is 13.8 Å². The highest BCUT2D eigenvalue weighted by Crippen LogP contribution is 2.45. The van der Waals surface area contributed by atoms with E-state index in [0.29, 0.717) is 11.5 Å². The first-order valence-corrected chi connectivity index (χ1v) is 5.17. The Bertz CT molecular complexity index is 124. The molecule has 0 aromatic rings. The highest BCUT2D eigenvalue weighted by molar-refractivity contribution is 5.03. The molecule has 2 fully saturated rings. The van der Waals surface area contributed by atoms with E-state index < -0.39 is 0 Å². The summed E-state index contributed by atoms with van der Waals surface area (Å²) in [5.41, 5.74) is 0.680. The van der Waals surface area contributed by atoms with Gasteiger partial charge in [0.2, 0.25) is 0 Å². The van der Waals surface area contributed by atoms with Crippen molar-refractivity contribution in [3.05, 3.63) is 0 Å². The molecule has 0 amide bonds. The van der Waals surface area contributed by atoms with Crippen molar-refractivity contribution < 1.29 is 4.74 Å². The Morgan fingerprint density at radius 1 is 1.33 bits per heavy atom. The lowest BCUT2D eigenvalue weighted by molar-refractivity contribution is -0.0995. The minimum absolute atomic E-state index is 0.590. The van der Waals surface area contributed by atoms with E-state index in [1.807, 2.05) is 13.8 Å². The minimum Gasteiger partial charge on any atom is -0.378 e. The molecule has 1 heterocycles. The average molecular weight is 171 g/mol. The summed E-state index contributed by atoms with van der Waals surface area (Å²) in [7, 11) is 0. The summed E-state index contributed by atoms with van der Waals surface area (Å²) in [6, 6.07) is 0. The van der Waals surface area contributed by atoms with E-state index in [0.717, 1.165) is 6.61 Å². The number of hydrogen-bond acceptors (Lipinski definition) is 2. The van der Waals surface area contributed by atoms with Crippen LogP contribution in [0.15, 0.2) is 0 Å². The molecule has 0 aromatic heterocycles. The fourth-order valence-corrected chi connectivity index (χ4v) is 2.03. The van der Waals surface area contributed by atoms with Gasteiger partial charge < -0.3 is 10.1 Å². The number of rotatable bonds is 2. The molecule has 0 unspecified atom stereocenters. The van der Waals surface area contributed by atoms with Crippen molar-refractivity contribution >= 4 is 0 Å². The van der Waals surface area contributed by atoms with Gasteiger partial charge in [0.05, 0.1) is 6.10 Å². The molecule has 12 heavy (non-hydrogen) atoms. The Kier molecular flexibility index (Phi) is 3.53. The van der Waals surface area contributed by atoms with Gasteiger partial charge in [0.1, 0.15) is 0 Å². The Hall–Kier alpha value is -0.0800. The van der Waals surface area contributed by atoms with E-state index in [9.17, 15) is 0 Å². The molecule has 0 aromatic carbocycles. The second-order valence-electron chi connectivity index (χ2n) is 3.59. The molecule has 1 aliphatic carbocycles. The Labute approximate surface area is 75.7 Å². The molecule has 2 nitrogen and oxygen atoms in total. The van der Waals surface area contributed by atoms with Crippen molar-refractivity contribution in [1.29, 1.82) is 0 Å². The van der Waals surface area contributed by atoms with Crippen molar-refractivity contribution in [2.75, 3.05) is 19.7 Å². The molecule has 0 bridgehead atoms. The summed E-state index contributed by atoms with van der Waals surface area (Å²) in [4.78, 5) is 0. The van der Waals surface area contributed by atoms with Gasteiger partial charge >= 0.3 is 0 Å². The molecular weight excluding hydrogens is 150 g/mol. The third-order valence-electron chi connectivity index (χ3n) is 2.72. The lowest BCUT2D eigenvalue weighted by Gasteiger charge is -2.53. The summed E-state index contributed by atoms with van der Waals surface area (Å²) in [6.07, 6.45) is 3.19. The third kappa shape index (κ3) is 1.80. The van der Waals surface area contributed by atoms with Crippen LogP contribution in [0, 0.1) is 5.41 Å². The summed E-state index contributed by atoms with van der Waals surface area (Å²) in [5.74, 6) is 0. The largest absolute Gasteiger partial charge is 0.378 e. The van der Waals surface area contributed by atoms with Crippen molar-refractivity contribution in [3.8, 4) is 0 Å². The van der Waals surface area contributed by atoms with Gasteiger partial charge in [-0.2, -0.15) is 0 Å². The molecule has 2 aliphatic rings. The Morgan fingerprint density at radius 2 is 1.92 bits per heavy atom. The van der Waals surface area contributed by atoms with E-state index in [4.69, 9.17) is 4.74 Å². The van der Waals surface area contributed by atoms with Gasteiger partial charge in [-0.3, -0.25) is 0 Å². The fraction of sp³-hybridized carbons (Fsp3) is 1.00. The molecule has 1 spiro atoms. The lowest BCUT2D eigenvalue weighted by atomic mass is 9.63. The van der Waals surface area contributed by atoms with Gasteiger partial charge in [0.25, 0.3) is 0 Å². The highest BCUT2D eigenvalue weighted by Gasteiger charge is 2.48. The molecule has 1 N–H and O–H groups in total. The van der Waals surface area contributed by atoms with E-state index in [-0.39, 0.29) is 0 Å². The van der Waals surface area contributed by atoms with Crippen LogP contribution >= 0.6 is 0 Å². The van der Waals surface area contributed by atoms with Crippen molar-refractivity contribution in [2.45, 2.75) is 39.7 Å². The first-order valence-electron chi connectivity index (χ1n) is 5.17. The fourth-order valence-electron chi connectivity index (χ4n) is 2.03. The first kappa shape index (κ1) is 10.0. The standard InChI is InChI=1S/C8H15NO.C2H6/c1-2-10-7-3-8(4-7)5-9-6-8;1-2/h7,9H,2-6H2,1H3;1-2H3. The maximum Gasteiger partial charge on any atom is 0.0587 e. The van der Waals surface area contributed by atoms with Crippen LogP contribution in [-0.4, -0.2) is 25.8 Å². The van der Waals surface area contributed by atoms with Crippen LogP contribution in [0.1, 0.15) is 33.6 Å². The van der Waals surface area contributed by atoms with Crippen molar-refractivity contribution in [1.82, 2.24) is 5.32 Å². The van der Waals surface area contributed by atoms with Gasteiger partial charge in [-0.25, -0.2) is 0 Å². The van der Waals surface area contributed by atoms with Crippen LogP contribution in [0.2, 0.25) is 0 Å².